The Labute approximate surface area is 372 Å². The maximum atomic E-state index is 15.4. The second-order valence-corrected chi connectivity index (χ2v) is 19.6. The standard InChI is InChI=1S/C46H56N4O9.H2O4S/c1-8-42-16-12-18-50-20-17-44(37(42)50)30-21-31(34(55-5)22-33(30)48(4)38(44)46(54,41(53)57-7)39(42)58-26(3)51)45(40(52)56-6)23-27-24-49(25-43(9-2)36(27)59-43)19-15-29-28-13-10-11-14-32(28)47-35(29)45;1-5(2,3)4/h10-14,16,21-22,27,36-39,47,54H,8-9,15,17-20,23-25H2,1-7H3;(H2,1,2,3,4)/t27-,36-,37+,38-,39-,42-,43+,44-,45+,46+;/m1./s1. The van der Waals surface area contributed by atoms with Crippen molar-refractivity contribution in [3.05, 3.63) is 70.9 Å². The van der Waals surface area contributed by atoms with Gasteiger partial charge in [-0.25, -0.2) is 4.79 Å². The number of carbonyl (C=O) groups excluding carboxylic acids is 3. The summed E-state index contributed by atoms with van der Waals surface area (Å²) in [5, 5.41) is 14.4. The molecule has 1 saturated carbocycles. The molecule has 4 fully saturated rings. The Bertz CT molecular complexity index is 2560. The molecule has 1 aromatic heterocycles. The summed E-state index contributed by atoms with van der Waals surface area (Å²) >= 11 is 0. The molecule has 2 aromatic carbocycles. The number of benzene rings is 2. The van der Waals surface area contributed by atoms with Crippen molar-refractivity contribution in [1.82, 2.24) is 14.8 Å². The average molecular weight is 907 g/mol. The van der Waals surface area contributed by atoms with Gasteiger partial charge in [0, 0.05) is 96.9 Å². The van der Waals surface area contributed by atoms with Gasteiger partial charge < -0.3 is 38.7 Å². The molecular formula is C46H58N4O13S. The van der Waals surface area contributed by atoms with Crippen molar-refractivity contribution in [1.29, 1.82) is 0 Å². The summed E-state index contributed by atoms with van der Waals surface area (Å²) < 4.78 is 62.3. The molecule has 11 atom stereocenters. The number of anilines is 1. The van der Waals surface area contributed by atoms with Crippen LogP contribution >= 0.6 is 0 Å². The summed E-state index contributed by atoms with van der Waals surface area (Å²) in [6.07, 6.45) is 5.94. The molecule has 7 heterocycles. The number of piperidine rings is 1. The van der Waals surface area contributed by atoms with E-state index in [1.165, 1.54) is 21.1 Å². The minimum Gasteiger partial charge on any atom is -0.496 e. The van der Waals surface area contributed by atoms with Crippen LogP contribution in [0.4, 0.5) is 5.69 Å². The van der Waals surface area contributed by atoms with Gasteiger partial charge in [0.1, 0.15) is 16.8 Å². The molecule has 4 N–H and O–H groups in total. The third-order valence-electron chi connectivity index (χ3n) is 16.0. The second kappa shape index (κ2) is 15.3. The molecule has 1 aliphatic carbocycles. The fraction of sp³-hybridized carbons (Fsp3) is 0.587. The lowest BCUT2D eigenvalue weighted by Gasteiger charge is -2.63. The van der Waals surface area contributed by atoms with Crippen LogP contribution in [0.1, 0.15) is 68.8 Å². The predicted octanol–water partition coefficient (Wildman–Crippen LogP) is 3.35. The smallest absolute Gasteiger partial charge is 0.394 e. The minimum absolute atomic E-state index is 0.00603. The largest absolute Gasteiger partial charge is 0.496 e. The van der Waals surface area contributed by atoms with Crippen LogP contribution in [0, 0.1) is 11.3 Å². The fourth-order valence-electron chi connectivity index (χ4n) is 13.9. The van der Waals surface area contributed by atoms with Crippen LogP contribution in [0.3, 0.4) is 0 Å². The number of hydrogen-bond acceptors (Lipinski definition) is 14. The van der Waals surface area contributed by atoms with Crippen molar-refractivity contribution < 1.29 is 60.7 Å². The van der Waals surface area contributed by atoms with Crippen LogP contribution < -0.4 is 9.64 Å². The van der Waals surface area contributed by atoms with Crippen LogP contribution in [0.15, 0.2) is 48.6 Å². The number of H-pyrrole nitrogens is 1. The van der Waals surface area contributed by atoms with Gasteiger partial charge in [-0.3, -0.25) is 28.5 Å². The van der Waals surface area contributed by atoms with E-state index in [1.807, 2.05) is 37.1 Å². The van der Waals surface area contributed by atoms with Gasteiger partial charge in [0.15, 0.2) is 6.10 Å². The van der Waals surface area contributed by atoms with E-state index in [4.69, 9.17) is 41.2 Å². The van der Waals surface area contributed by atoms with E-state index in [0.717, 1.165) is 59.5 Å². The lowest BCUT2D eigenvalue weighted by Crippen LogP contribution is -2.81. The number of aliphatic hydroxyl groups is 1. The summed E-state index contributed by atoms with van der Waals surface area (Å²) in [5.74, 6) is -1.37. The molecule has 0 amide bonds. The highest BCUT2D eigenvalue weighted by molar-refractivity contribution is 7.79. The Balaban J connectivity index is 0.000000984. The monoisotopic (exact) mass is 906 g/mol. The first-order valence-electron chi connectivity index (χ1n) is 22.0. The van der Waals surface area contributed by atoms with Gasteiger partial charge in [0.25, 0.3) is 0 Å². The quantitative estimate of drug-likeness (QED) is 0.0878. The van der Waals surface area contributed by atoms with Gasteiger partial charge >= 0.3 is 28.3 Å². The maximum Gasteiger partial charge on any atom is 0.394 e. The molecule has 6 aliphatic heterocycles. The normalized spacial score (nSPS) is 36.6. The van der Waals surface area contributed by atoms with E-state index in [0.29, 0.717) is 50.1 Å². The van der Waals surface area contributed by atoms with E-state index in [2.05, 4.69) is 52.1 Å². The van der Waals surface area contributed by atoms with Crippen molar-refractivity contribution in [3.63, 3.8) is 0 Å². The number of hydrogen-bond donors (Lipinski definition) is 4. The van der Waals surface area contributed by atoms with Crippen molar-refractivity contribution in [2.24, 2.45) is 11.3 Å². The van der Waals surface area contributed by atoms with E-state index >= 15 is 4.79 Å². The molecule has 346 valence electrons. The molecule has 3 aromatic rings. The molecule has 2 bridgehead atoms. The lowest BCUT2D eigenvalue weighted by atomic mass is 9.47. The lowest BCUT2D eigenvalue weighted by molar-refractivity contribution is -0.228. The SMILES string of the molecule is CC[C@]12C[N@@]3CCc4c([nH]c5ccccc45)[C@@](C(=O)OC)(c4cc5c(cc4OC)N(C)[C@H]4[C@@](O)(C(=O)OC)[C@H](OC(C)=O)[C@]6(CC)C=CCN7CC[C@]54[C@@H]76)C[C@H](C3)[C@H]1O2.O=S(=O)(O)O. The molecule has 7 aliphatic rings. The number of para-hydroxylation sites is 1. The molecule has 1 spiro atoms. The van der Waals surface area contributed by atoms with Gasteiger partial charge in [-0.1, -0.05) is 44.2 Å². The molecule has 0 radical (unpaired) electrons. The van der Waals surface area contributed by atoms with Crippen LogP contribution in [-0.2, 0) is 61.0 Å². The highest BCUT2D eigenvalue weighted by atomic mass is 32.3. The third-order valence-corrected chi connectivity index (χ3v) is 16.0. The Hall–Kier alpha value is -4.56. The Kier molecular flexibility index (Phi) is 10.6. The highest BCUT2D eigenvalue weighted by Crippen LogP contribution is 2.68. The van der Waals surface area contributed by atoms with E-state index in [9.17, 15) is 14.7 Å². The average Bonchev–Trinajstić information content (AvgIpc) is 3.55. The van der Waals surface area contributed by atoms with Crippen molar-refractivity contribution >= 4 is 44.9 Å². The first-order chi connectivity index (χ1) is 30.3. The topological polar surface area (TPSA) is 221 Å². The van der Waals surface area contributed by atoms with Crippen LogP contribution in [0.25, 0.3) is 10.9 Å². The summed E-state index contributed by atoms with van der Waals surface area (Å²) in [7, 11) is 1.57. The fourth-order valence-corrected chi connectivity index (χ4v) is 13.9. The van der Waals surface area contributed by atoms with Gasteiger partial charge in [-0.2, -0.15) is 8.42 Å². The number of esters is 3. The number of aromatic nitrogens is 1. The van der Waals surface area contributed by atoms with Gasteiger partial charge in [0.05, 0.1) is 33.5 Å². The number of methoxy groups -OCH3 is 3. The number of fused-ring (bicyclic) bond motifs is 8. The first kappa shape index (κ1) is 44.6. The molecule has 3 saturated heterocycles. The predicted molar refractivity (Wildman–Crippen MR) is 233 cm³/mol. The maximum absolute atomic E-state index is 15.4. The Morgan fingerprint density at radius 3 is 2.36 bits per heavy atom. The summed E-state index contributed by atoms with van der Waals surface area (Å²) in [4.78, 5) is 53.5. The number of nitrogens with zero attached hydrogens (tertiary/aromatic N) is 3. The van der Waals surface area contributed by atoms with E-state index < -0.39 is 62.3 Å². The van der Waals surface area contributed by atoms with Gasteiger partial charge in [-0.05, 0) is 61.9 Å². The van der Waals surface area contributed by atoms with Crippen LogP contribution in [0.5, 0.6) is 5.75 Å². The summed E-state index contributed by atoms with van der Waals surface area (Å²) in [6.45, 7) is 9.32. The van der Waals surface area contributed by atoms with Crippen molar-refractivity contribution in [2.45, 2.75) is 99.2 Å². The minimum atomic E-state index is -4.67. The third kappa shape index (κ3) is 6.08. The van der Waals surface area contributed by atoms with E-state index in [-0.39, 0.29) is 23.7 Å². The number of rotatable bonds is 7. The van der Waals surface area contributed by atoms with Crippen LogP contribution in [-0.4, -0.2) is 152 Å². The first-order valence-corrected chi connectivity index (χ1v) is 23.4. The van der Waals surface area contributed by atoms with Gasteiger partial charge in [0.2, 0.25) is 5.60 Å². The zero-order chi connectivity index (χ0) is 45.9. The number of likely N-dealkylation sites (N-methyl/N-ethyl adjacent to an activating group) is 1. The number of aromatic amines is 1. The highest BCUT2D eigenvalue weighted by Gasteiger charge is 2.80. The van der Waals surface area contributed by atoms with Crippen molar-refractivity contribution in [2.75, 3.05) is 66.0 Å². The number of ether oxygens (including phenoxy) is 5. The zero-order valence-corrected chi connectivity index (χ0v) is 38.1. The second-order valence-electron chi connectivity index (χ2n) is 18.7. The molecular weight excluding hydrogens is 849 g/mol. The summed E-state index contributed by atoms with van der Waals surface area (Å²) in [5.41, 5.74) is -0.627. The Morgan fingerprint density at radius 1 is 0.984 bits per heavy atom. The Morgan fingerprint density at radius 2 is 1.70 bits per heavy atom. The van der Waals surface area contributed by atoms with Crippen LogP contribution in [0.2, 0.25) is 0 Å². The number of carbonyl (C=O) groups is 3. The van der Waals surface area contributed by atoms with E-state index in [1.54, 1.807) is 7.11 Å². The van der Waals surface area contributed by atoms with Gasteiger partial charge in [-0.15, -0.1) is 0 Å². The number of epoxide rings is 1. The molecule has 17 nitrogen and oxygen atoms in total. The summed E-state index contributed by atoms with van der Waals surface area (Å²) in [6, 6.07) is 11.2. The molecule has 10 rings (SSSR count). The molecule has 18 heteroatoms. The van der Waals surface area contributed by atoms with Crippen molar-refractivity contribution in [3.8, 4) is 5.75 Å². The zero-order valence-electron chi connectivity index (χ0n) is 37.3. The molecule has 0 unspecified atom stereocenters. The molecule has 64 heavy (non-hydrogen) atoms. The number of nitrogens with one attached hydrogen (secondary N) is 1.